The molecule has 0 aliphatic heterocycles. The van der Waals surface area contributed by atoms with Crippen LogP contribution in [0.5, 0.6) is 0 Å². The van der Waals surface area contributed by atoms with Crippen molar-refractivity contribution in [3.05, 3.63) is 39.3 Å². The van der Waals surface area contributed by atoms with E-state index in [1.807, 2.05) is 0 Å². The SMILES string of the molecule is Fc1ccc(-c2ncc(CNC3CC3)s2)c(Br)c1F. The number of nitrogens with zero attached hydrogens (tertiary/aromatic N) is 1. The van der Waals surface area contributed by atoms with Gasteiger partial charge in [-0.05, 0) is 40.9 Å². The van der Waals surface area contributed by atoms with Gasteiger partial charge in [0, 0.05) is 29.2 Å². The molecular weight excluding hydrogens is 334 g/mol. The Labute approximate surface area is 122 Å². The molecule has 0 unspecified atom stereocenters. The Morgan fingerprint density at radius 2 is 2.16 bits per heavy atom. The van der Waals surface area contributed by atoms with Gasteiger partial charge in [0.05, 0.1) is 4.47 Å². The summed E-state index contributed by atoms with van der Waals surface area (Å²) < 4.78 is 26.7. The zero-order chi connectivity index (χ0) is 13.4. The minimum atomic E-state index is -0.870. The van der Waals surface area contributed by atoms with E-state index in [0.29, 0.717) is 16.6 Å². The van der Waals surface area contributed by atoms with Gasteiger partial charge >= 0.3 is 0 Å². The van der Waals surface area contributed by atoms with E-state index < -0.39 is 11.6 Å². The van der Waals surface area contributed by atoms with Crippen molar-refractivity contribution in [1.82, 2.24) is 10.3 Å². The van der Waals surface area contributed by atoms with Gasteiger partial charge in [-0.25, -0.2) is 13.8 Å². The van der Waals surface area contributed by atoms with Gasteiger partial charge in [-0.3, -0.25) is 0 Å². The number of hydrogen-bond acceptors (Lipinski definition) is 3. The van der Waals surface area contributed by atoms with Crippen molar-refractivity contribution in [2.24, 2.45) is 0 Å². The molecule has 1 aliphatic carbocycles. The van der Waals surface area contributed by atoms with Gasteiger partial charge in [-0.1, -0.05) is 0 Å². The molecule has 0 radical (unpaired) electrons. The van der Waals surface area contributed by atoms with Crippen molar-refractivity contribution in [2.75, 3.05) is 0 Å². The molecule has 2 nitrogen and oxygen atoms in total. The van der Waals surface area contributed by atoms with Crippen molar-refractivity contribution >= 4 is 27.3 Å². The second-order valence-electron chi connectivity index (χ2n) is 4.51. The zero-order valence-electron chi connectivity index (χ0n) is 9.92. The second kappa shape index (κ2) is 5.26. The zero-order valence-corrected chi connectivity index (χ0v) is 12.3. The van der Waals surface area contributed by atoms with E-state index in [4.69, 9.17) is 0 Å². The Kier molecular flexibility index (Phi) is 3.64. The first kappa shape index (κ1) is 13.1. The smallest absolute Gasteiger partial charge is 0.173 e. The molecule has 1 N–H and O–H groups in total. The molecule has 0 saturated heterocycles. The fourth-order valence-corrected chi connectivity index (χ4v) is 3.27. The van der Waals surface area contributed by atoms with Crippen molar-refractivity contribution in [3.8, 4) is 10.6 Å². The van der Waals surface area contributed by atoms with E-state index in [9.17, 15) is 8.78 Å². The summed E-state index contributed by atoms with van der Waals surface area (Å²) in [4.78, 5) is 5.37. The molecule has 0 bridgehead atoms. The van der Waals surface area contributed by atoms with E-state index in [-0.39, 0.29) is 4.47 Å². The largest absolute Gasteiger partial charge is 0.309 e. The molecule has 1 fully saturated rings. The van der Waals surface area contributed by atoms with E-state index in [2.05, 4.69) is 26.2 Å². The summed E-state index contributed by atoms with van der Waals surface area (Å²) in [6.45, 7) is 0.781. The Hall–Kier alpha value is -0.850. The van der Waals surface area contributed by atoms with Gasteiger partial charge in [0.25, 0.3) is 0 Å². The lowest BCUT2D eigenvalue weighted by molar-refractivity contribution is 0.505. The highest BCUT2D eigenvalue weighted by Gasteiger charge is 2.21. The maximum atomic E-state index is 13.5. The van der Waals surface area contributed by atoms with Crippen LogP contribution in [0.3, 0.4) is 0 Å². The Balaban J connectivity index is 1.83. The summed E-state index contributed by atoms with van der Waals surface area (Å²) in [5, 5.41) is 4.09. The fraction of sp³-hybridized carbons (Fsp3) is 0.308. The highest BCUT2D eigenvalue weighted by Crippen LogP contribution is 2.34. The molecule has 1 aromatic carbocycles. The second-order valence-corrected chi connectivity index (χ2v) is 6.42. The van der Waals surface area contributed by atoms with Crippen molar-refractivity contribution in [3.63, 3.8) is 0 Å². The van der Waals surface area contributed by atoms with E-state index in [0.717, 1.165) is 17.5 Å². The molecule has 1 saturated carbocycles. The predicted octanol–water partition coefficient (Wildman–Crippen LogP) is 4.10. The van der Waals surface area contributed by atoms with Gasteiger partial charge in [0.1, 0.15) is 5.01 Å². The summed E-state index contributed by atoms with van der Waals surface area (Å²) in [6.07, 6.45) is 4.25. The normalized spacial score (nSPS) is 14.9. The number of benzene rings is 1. The number of halogens is 3. The summed E-state index contributed by atoms with van der Waals surface area (Å²) >= 11 is 4.58. The van der Waals surface area contributed by atoms with Crippen LogP contribution in [0.25, 0.3) is 10.6 Å². The number of rotatable bonds is 4. The van der Waals surface area contributed by atoms with Crippen molar-refractivity contribution in [2.45, 2.75) is 25.4 Å². The first-order valence-corrected chi connectivity index (χ1v) is 7.58. The third-order valence-corrected chi connectivity index (χ3v) is 4.77. The molecule has 19 heavy (non-hydrogen) atoms. The number of thiazole rings is 1. The molecule has 1 aromatic heterocycles. The molecule has 0 amide bonds. The van der Waals surface area contributed by atoms with Gasteiger partial charge in [-0.15, -0.1) is 11.3 Å². The summed E-state index contributed by atoms with van der Waals surface area (Å²) in [5.74, 6) is -1.73. The van der Waals surface area contributed by atoms with Crippen LogP contribution in [0.15, 0.2) is 22.8 Å². The maximum absolute atomic E-state index is 13.5. The first-order chi connectivity index (χ1) is 9.15. The molecule has 3 rings (SSSR count). The number of nitrogens with one attached hydrogen (secondary N) is 1. The average molecular weight is 345 g/mol. The third-order valence-electron chi connectivity index (χ3n) is 2.96. The van der Waals surface area contributed by atoms with Crippen LogP contribution in [0.2, 0.25) is 0 Å². The molecule has 2 aromatic rings. The lowest BCUT2D eigenvalue weighted by atomic mass is 10.2. The lowest BCUT2D eigenvalue weighted by Crippen LogP contribution is -2.14. The van der Waals surface area contributed by atoms with Crippen LogP contribution in [0, 0.1) is 11.6 Å². The summed E-state index contributed by atoms with van der Waals surface area (Å²) in [6, 6.07) is 3.30. The molecule has 0 spiro atoms. The molecular formula is C13H11BrF2N2S. The Morgan fingerprint density at radius 3 is 2.89 bits per heavy atom. The van der Waals surface area contributed by atoms with Crippen molar-refractivity contribution in [1.29, 1.82) is 0 Å². The standard InChI is InChI=1S/C13H11BrF2N2S/c14-11-9(3-4-10(15)12(11)16)13-18-6-8(19-13)5-17-7-1-2-7/h3-4,6-7,17H,1-2,5H2. The number of hydrogen-bond donors (Lipinski definition) is 1. The third kappa shape index (κ3) is 2.85. The van der Waals surface area contributed by atoms with Crippen molar-refractivity contribution < 1.29 is 8.78 Å². The van der Waals surface area contributed by atoms with Crippen LogP contribution in [-0.4, -0.2) is 11.0 Å². The topological polar surface area (TPSA) is 24.9 Å². The highest BCUT2D eigenvalue weighted by atomic mass is 79.9. The number of aromatic nitrogens is 1. The Bertz CT molecular complexity index is 611. The highest BCUT2D eigenvalue weighted by molar-refractivity contribution is 9.10. The fourth-order valence-electron chi connectivity index (χ4n) is 1.74. The first-order valence-electron chi connectivity index (χ1n) is 5.97. The minimum Gasteiger partial charge on any atom is -0.309 e. The molecule has 1 heterocycles. The van der Waals surface area contributed by atoms with Crippen LogP contribution in [0.4, 0.5) is 8.78 Å². The van der Waals surface area contributed by atoms with Crippen LogP contribution >= 0.6 is 27.3 Å². The van der Waals surface area contributed by atoms with Gasteiger partial charge < -0.3 is 5.32 Å². The molecule has 0 atom stereocenters. The molecule has 100 valence electrons. The monoisotopic (exact) mass is 344 g/mol. The summed E-state index contributed by atoms with van der Waals surface area (Å²) in [7, 11) is 0. The minimum absolute atomic E-state index is 0.128. The molecule has 6 heteroatoms. The van der Waals surface area contributed by atoms with E-state index in [1.165, 1.54) is 24.2 Å². The van der Waals surface area contributed by atoms with Gasteiger partial charge in [0.15, 0.2) is 11.6 Å². The lowest BCUT2D eigenvalue weighted by Gasteiger charge is -2.02. The molecule has 1 aliphatic rings. The van der Waals surface area contributed by atoms with E-state index >= 15 is 0 Å². The van der Waals surface area contributed by atoms with Gasteiger partial charge in [0.2, 0.25) is 0 Å². The van der Waals surface area contributed by atoms with Crippen LogP contribution < -0.4 is 5.32 Å². The average Bonchev–Trinajstić information content (AvgIpc) is 3.12. The predicted molar refractivity (Wildman–Crippen MR) is 75.0 cm³/mol. The Morgan fingerprint density at radius 1 is 1.37 bits per heavy atom. The van der Waals surface area contributed by atoms with Crippen LogP contribution in [-0.2, 0) is 6.54 Å². The maximum Gasteiger partial charge on any atom is 0.173 e. The van der Waals surface area contributed by atoms with Gasteiger partial charge in [-0.2, -0.15) is 0 Å². The quantitative estimate of drug-likeness (QED) is 0.844. The van der Waals surface area contributed by atoms with Crippen LogP contribution in [0.1, 0.15) is 17.7 Å². The summed E-state index contributed by atoms with van der Waals surface area (Å²) in [5.41, 5.74) is 0.585. The van der Waals surface area contributed by atoms with E-state index in [1.54, 1.807) is 12.3 Å².